The Bertz CT molecular complexity index is 967. The summed E-state index contributed by atoms with van der Waals surface area (Å²) in [5.41, 5.74) is 1.45. The van der Waals surface area contributed by atoms with Crippen molar-refractivity contribution >= 4 is 62.7 Å². The van der Waals surface area contributed by atoms with E-state index in [0.29, 0.717) is 40.6 Å². The summed E-state index contributed by atoms with van der Waals surface area (Å²) < 4.78 is 17.9. The van der Waals surface area contributed by atoms with Crippen LogP contribution in [-0.4, -0.2) is 36.8 Å². The van der Waals surface area contributed by atoms with Gasteiger partial charge in [-0.25, -0.2) is 4.72 Å². The minimum absolute atomic E-state index is 0.178. The van der Waals surface area contributed by atoms with Crippen LogP contribution in [0.15, 0.2) is 29.1 Å². The average Bonchev–Trinajstić information content (AvgIpc) is 3.45. The molecule has 0 aliphatic heterocycles. The van der Waals surface area contributed by atoms with Crippen LogP contribution in [0.2, 0.25) is 5.02 Å². The summed E-state index contributed by atoms with van der Waals surface area (Å²) in [6, 6.07) is 7.16. The number of anilines is 3. The van der Waals surface area contributed by atoms with Crippen LogP contribution in [0.3, 0.4) is 0 Å². The first kappa shape index (κ1) is 22.7. The maximum absolute atomic E-state index is 13.0. The van der Waals surface area contributed by atoms with E-state index in [0.717, 1.165) is 3.57 Å². The summed E-state index contributed by atoms with van der Waals surface area (Å²) >= 11 is 6.99. The molecule has 7 nitrogen and oxygen atoms in total. The lowest BCUT2D eigenvalue weighted by molar-refractivity contribution is 0.0858. The second-order valence-electron chi connectivity index (χ2n) is 7.30. The standard InChI is InChI=1S/C19H23ClIN3O4S/c1-11-7-16(23-29(28)19(5-6-19)9-13(26)10-25)17(24(2)18(11)27)22-15-4-3-12(21)8-14(15)20/h3-4,7-8,13,22-23,25-26H,5-6,9-10H2,1-2H3/t13-,29?/m0/s1. The van der Waals surface area contributed by atoms with Crippen molar-refractivity contribution in [3.05, 3.63) is 48.8 Å². The fourth-order valence-corrected chi connectivity index (χ4v) is 5.44. The van der Waals surface area contributed by atoms with Crippen molar-refractivity contribution in [3.8, 4) is 0 Å². The first-order valence-electron chi connectivity index (χ1n) is 9.07. The molecule has 0 amide bonds. The fraction of sp³-hybridized carbons (Fsp3) is 0.421. The molecule has 2 aromatic rings. The summed E-state index contributed by atoms with van der Waals surface area (Å²) in [5.74, 6) is 0.440. The van der Waals surface area contributed by atoms with E-state index < -0.39 is 22.2 Å². The van der Waals surface area contributed by atoms with E-state index in [2.05, 4.69) is 32.6 Å². The van der Waals surface area contributed by atoms with Crippen LogP contribution in [-0.2, 0) is 18.4 Å². The Hall–Kier alpha value is -0.980. The molecule has 158 valence electrons. The number of aliphatic hydroxyl groups excluding tert-OH is 2. The SMILES string of the molecule is Cc1cc(N[S+]([O-])C2(C[C@H](O)CO)CC2)c(Nc2ccc(I)cc2Cl)n(C)c1=O. The number of pyridine rings is 1. The van der Waals surface area contributed by atoms with Gasteiger partial charge in [-0.05, 0) is 53.8 Å². The van der Waals surface area contributed by atoms with Gasteiger partial charge in [0.1, 0.15) is 11.5 Å². The average molecular weight is 552 g/mol. The summed E-state index contributed by atoms with van der Waals surface area (Å²) in [7, 11) is 1.63. The minimum Gasteiger partial charge on any atom is -0.593 e. The number of benzene rings is 1. The van der Waals surface area contributed by atoms with E-state index in [9.17, 15) is 14.5 Å². The zero-order valence-corrected chi connectivity index (χ0v) is 19.8. The van der Waals surface area contributed by atoms with E-state index in [1.54, 1.807) is 26.1 Å². The van der Waals surface area contributed by atoms with Crippen LogP contribution in [0, 0.1) is 10.5 Å². The third-order valence-corrected chi connectivity index (χ3v) is 7.75. The zero-order valence-electron chi connectivity index (χ0n) is 16.0. The summed E-state index contributed by atoms with van der Waals surface area (Å²) in [4.78, 5) is 12.5. The number of hydrogen-bond donors (Lipinski definition) is 4. The van der Waals surface area contributed by atoms with Gasteiger partial charge < -0.3 is 20.1 Å². The van der Waals surface area contributed by atoms with Gasteiger partial charge in [-0.3, -0.25) is 9.36 Å². The smallest absolute Gasteiger partial charge is 0.254 e. The van der Waals surface area contributed by atoms with Crippen LogP contribution in [0.4, 0.5) is 17.2 Å². The van der Waals surface area contributed by atoms with Crippen LogP contribution in [0.5, 0.6) is 0 Å². The van der Waals surface area contributed by atoms with Crippen LogP contribution < -0.4 is 15.6 Å². The summed E-state index contributed by atoms with van der Waals surface area (Å²) in [6.45, 7) is 1.33. The first-order valence-corrected chi connectivity index (χ1v) is 11.7. The molecule has 1 fully saturated rings. The second kappa shape index (κ2) is 9.03. The number of aryl methyl sites for hydroxylation is 1. The highest BCUT2D eigenvalue weighted by Gasteiger charge is 2.56. The van der Waals surface area contributed by atoms with Gasteiger partial charge in [0.15, 0.2) is 4.75 Å². The third kappa shape index (κ3) is 5.02. The van der Waals surface area contributed by atoms with Crippen molar-refractivity contribution in [1.29, 1.82) is 0 Å². The van der Waals surface area contributed by atoms with Crippen molar-refractivity contribution in [2.75, 3.05) is 16.6 Å². The number of rotatable bonds is 8. The third-order valence-electron chi connectivity index (χ3n) is 5.00. The minimum atomic E-state index is -1.50. The Morgan fingerprint density at radius 3 is 2.66 bits per heavy atom. The number of nitrogens with zero attached hydrogens (tertiary/aromatic N) is 1. The number of hydrogen-bond acceptors (Lipinski definition) is 6. The molecule has 2 atom stereocenters. The van der Waals surface area contributed by atoms with Crippen LogP contribution in [0.1, 0.15) is 24.8 Å². The molecule has 0 radical (unpaired) electrons. The van der Waals surface area contributed by atoms with Crippen molar-refractivity contribution in [1.82, 2.24) is 4.57 Å². The molecule has 0 bridgehead atoms. The maximum Gasteiger partial charge on any atom is 0.254 e. The predicted octanol–water partition coefficient (Wildman–Crippen LogP) is 3.05. The molecule has 1 aliphatic carbocycles. The number of halogens is 2. The van der Waals surface area contributed by atoms with Gasteiger partial charge in [0.05, 0.1) is 34.8 Å². The Labute approximate surface area is 190 Å². The van der Waals surface area contributed by atoms with Gasteiger partial charge in [0, 0.05) is 35.4 Å². The van der Waals surface area contributed by atoms with E-state index in [4.69, 9.17) is 16.7 Å². The molecule has 1 heterocycles. The van der Waals surface area contributed by atoms with Crippen molar-refractivity contribution in [2.24, 2.45) is 7.05 Å². The Morgan fingerprint density at radius 1 is 1.38 bits per heavy atom. The van der Waals surface area contributed by atoms with Crippen molar-refractivity contribution in [2.45, 2.75) is 37.0 Å². The number of nitrogens with one attached hydrogen (secondary N) is 2. The van der Waals surface area contributed by atoms with Crippen molar-refractivity contribution in [3.63, 3.8) is 0 Å². The van der Waals surface area contributed by atoms with Gasteiger partial charge in [-0.2, -0.15) is 0 Å². The molecule has 10 heteroatoms. The van der Waals surface area contributed by atoms with Gasteiger partial charge in [-0.15, -0.1) is 0 Å². The monoisotopic (exact) mass is 551 g/mol. The zero-order chi connectivity index (χ0) is 21.3. The number of aromatic nitrogens is 1. The molecule has 3 rings (SSSR count). The number of aliphatic hydroxyl groups is 2. The van der Waals surface area contributed by atoms with Gasteiger partial charge >= 0.3 is 0 Å². The quantitative estimate of drug-likeness (QED) is 0.297. The Balaban J connectivity index is 1.93. The normalized spacial score (nSPS) is 16.9. The lowest BCUT2D eigenvalue weighted by Crippen LogP contribution is -2.35. The molecule has 1 unspecified atom stereocenters. The van der Waals surface area contributed by atoms with Gasteiger partial charge in [0.2, 0.25) is 0 Å². The van der Waals surface area contributed by atoms with E-state index >= 15 is 0 Å². The molecule has 29 heavy (non-hydrogen) atoms. The van der Waals surface area contributed by atoms with E-state index in [1.165, 1.54) is 4.57 Å². The fourth-order valence-electron chi connectivity index (χ4n) is 3.15. The molecule has 1 aromatic carbocycles. The van der Waals surface area contributed by atoms with E-state index in [-0.39, 0.29) is 18.6 Å². The molecule has 0 saturated heterocycles. The Kier molecular flexibility index (Phi) is 7.06. The predicted molar refractivity (Wildman–Crippen MR) is 125 cm³/mol. The highest BCUT2D eigenvalue weighted by atomic mass is 127. The molecule has 4 N–H and O–H groups in total. The molecular formula is C19H23ClIN3O4S. The highest BCUT2D eigenvalue weighted by molar-refractivity contribution is 14.1. The molecule has 1 aliphatic rings. The molecule has 1 aromatic heterocycles. The molecule has 1 saturated carbocycles. The largest absolute Gasteiger partial charge is 0.593 e. The van der Waals surface area contributed by atoms with Crippen LogP contribution >= 0.6 is 34.2 Å². The van der Waals surface area contributed by atoms with Gasteiger partial charge in [-0.1, -0.05) is 11.6 Å². The lowest BCUT2D eigenvalue weighted by Gasteiger charge is -2.25. The summed E-state index contributed by atoms with van der Waals surface area (Å²) in [5, 5.41) is 22.6. The second-order valence-corrected chi connectivity index (χ2v) is 10.6. The lowest BCUT2D eigenvalue weighted by atomic mass is 10.2. The topological polar surface area (TPSA) is 110 Å². The maximum atomic E-state index is 13.0. The molecule has 0 spiro atoms. The van der Waals surface area contributed by atoms with Crippen molar-refractivity contribution < 1.29 is 14.8 Å². The first-order chi connectivity index (χ1) is 13.7. The van der Waals surface area contributed by atoms with Crippen LogP contribution in [0.25, 0.3) is 0 Å². The van der Waals surface area contributed by atoms with E-state index in [1.807, 2.05) is 12.1 Å². The van der Waals surface area contributed by atoms with Gasteiger partial charge in [0.25, 0.3) is 5.56 Å². The Morgan fingerprint density at radius 2 is 2.07 bits per heavy atom. The molecular weight excluding hydrogens is 529 g/mol. The summed E-state index contributed by atoms with van der Waals surface area (Å²) in [6.07, 6.45) is 0.730. The highest BCUT2D eigenvalue weighted by Crippen LogP contribution is 2.48.